The van der Waals surface area contributed by atoms with E-state index in [0.29, 0.717) is 38.1 Å². The monoisotopic (exact) mass is 619 g/mol. The van der Waals surface area contributed by atoms with Gasteiger partial charge in [-0.1, -0.05) is 39.0 Å². The maximum absolute atomic E-state index is 14.0. The molecule has 3 aliphatic rings. The molecule has 6 rings (SSSR count). The predicted octanol–water partition coefficient (Wildman–Crippen LogP) is 4.11. The highest BCUT2D eigenvalue weighted by Crippen LogP contribution is 2.48. The number of rotatable bonds is 7. The van der Waals surface area contributed by atoms with Gasteiger partial charge in [-0.25, -0.2) is 9.78 Å². The number of piperazine rings is 1. The highest BCUT2D eigenvalue weighted by atomic mass is 32.2. The van der Waals surface area contributed by atoms with Gasteiger partial charge >= 0.3 is 5.69 Å². The summed E-state index contributed by atoms with van der Waals surface area (Å²) in [5.74, 6) is 0.0875. The standard InChI is InChI=1S/C33H45N7O3S/c1-33(2,3)13-17-39-30(42)27(44-31(39)24-8-5-6-9-25(24)37-20-18-36(4)19-21-37)22-28(41)38-15-11-23(12-16-38)40-26-10-7-14-34-29(26)35-32(40)43/h5-10,14,23,27,31H,11-13,15-22H2,1-4H3,(H,34,35,43)/t27?,31-/m1/s1. The number of nitrogens with zero attached hydrogens (tertiary/aromatic N) is 6. The molecule has 0 bridgehead atoms. The number of H-pyrrole nitrogens is 1. The van der Waals surface area contributed by atoms with Crippen LogP contribution < -0.4 is 10.6 Å². The van der Waals surface area contributed by atoms with E-state index in [1.807, 2.05) is 21.9 Å². The first kappa shape index (κ1) is 30.7. The smallest absolute Gasteiger partial charge is 0.327 e. The number of thioether (sulfide) groups is 1. The van der Waals surface area contributed by atoms with Crippen LogP contribution in [-0.4, -0.2) is 99.2 Å². The number of piperidine rings is 1. The first-order valence-corrected chi connectivity index (χ1v) is 16.8. The third-order valence-corrected chi connectivity index (χ3v) is 10.8. The Bertz CT molecular complexity index is 1550. The molecule has 2 aromatic heterocycles. The number of pyridine rings is 1. The molecule has 3 aliphatic heterocycles. The molecule has 2 amide bonds. The van der Waals surface area contributed by atoms with E-state index in [0.717, 1.165) is 38.1 Å². The van der Waals surface area contributed by atoms with Gasteiger partial charge in [0.05, 0.1) is 10.8 Å². The number of nitrogens with one attached hydrogen (secondary N) is 1. The summed E-state index contributed by atoms with van der Waals surface area (Å²) in [5.41, 5.74) is 3.69. The van der Waals surface area contributed by atoms with Crippen LogP contribution in [0.1, 0.15) is 63.4 Å². The lowest BCUT2D eigenvalue weighted by Gasteiger charge is -2.37. The van der Waals surface area contributed by atoms with Crippen LogP contribution in [0.5, 0.6) is 0 Å². The van der Waals surface area contributed by atoms with Crippen LogP contribution in [0.2, 0.25) is 0 Å². The van der Waals surface area contributed by atoms with Crippen molar-refractivity contribution in [2.75, 3.05) is 57.8 Å². The highest BCUT2D eigenvalue weighted by molar-refractivity contribution is 8.01. The number of para-hydroxylation sites is 1. The van der Waals surface area contributed by atoms with E-state index in [2.05, 4.69) is 71.9 Å². The molecule has 1 unspecified atom stereocenters. The number of carbonyl (C=O) groups is 2. The van der Waals surface area contributed by atoms with E-state index in [4.69, 9.17) is 0 Å². The molecule has 11 heteroatoms. The van der Waals surface area contributed by atoms with Gasteiger partial charge in [0.1, 0.15) is 5.37 Å². The van der Waals surface area contributed by atoms with Crippen molar-refractivity contribution in [1.29, 1.82) is 0 Å². The number of benzene rings is 1. The summed E-state index contributed by atoms with van der Waals surface area (Å²) in [5, 5.41) is -0.528. The van der Waals surface area contributed by atoms with Crippen molar-refractivity contribution in [3.05, 3.63) is 58.6 Å². The first-order valence-electron chi connectivity index (χ1n) is 15.9. The van der Waals surface area contributed by atoms with E-state index in [1.165, 1.54) is 11.3 Å². The summed E-state index contributed by atoms with van der Waals surface area (Å²) < 4.78 is 1.79. The van der Waals surface area contributed by atoms with Crippen LogP contribution in [0.25, 0.3) is 11.2 Å². The van der Waals surface area contributed by atoms with Gasteiger partial charge in [0.2, 0.25) is 11.8 Å². The van der Waals surface area contributed by atoms with E-state index in [-0.39, 0.29) is 40.8 Å². The van der Waals surface area contributed by atoms with Crippen molar-refractivity contribution in [2.45, 2.75) is 63.1 Å². The molecular weight excluding hydrogens is 574 g/mol. The molecule has 5 heterocycles. The van der Waals surface area contributed by atoms with Crippen molar-refractivity contribution >= 4 is 40.4 Å². The van der Waals surface area contributed by atoms with Crippen molar-refractivity contribution in [2.24, 2.45) is 5.41 Å². The third-order valence-electron chi connectivity index (χ3n) is 9.32. The van der Waals surface area contributed by atoms with Gasteiger partial charge in [0.15, 0.2) is 5.65 Å². The average molecular weight is 620 g/mol. The summed E-state index contributed by atoms with van der Waals surface area (Å²) in [4.78, 5) is 56.1. The zero-order valence-corrected chi connectivity index (χ0v) is 27.2. The zero-order chi connectivity index (χ0) is 31.0. The second kappa shape index (κ2) is 12.6. The lowest BCUT2D eigenvalue weighted by Crippen LogP contribution is -2.45. The molecule has 1 aromatic carbocycles. The maximum atomic E-state index is 14.0. The van der Waals surface area contributed by atoms with Gasteiger partial charge in [-0.2, -0.15) is 0 Å². The number of aromatic amines is 1. The number of aromatic nitrogens is 3. The summed E-state index contributed by atoms with van der Waals surface area (Å²) in [7, 11) is 2.16. The maximum Gasteiger partial charge on any atom is 0.327 e. The van der Waals surface area contributed by atoms with Crippen molar-refractivity contribution in [3.63, 3.8) is 0 Å². The normalized spacial score (nSPS) is 22.4. The number of amides is 2. The van der Waals surface area contributed by atoms with Gasteiger partial charge in [0, 0.05) is 75.7 Å². The second-order valence-electron chi connectivity index (χ2n) is 13.7. The number of anilines is 1. The van der Waals surface area contributed by atoms with Gasteiger partial charge < -0.3 is 19.6 Å². The topological polar surface area (TPSA) is 97.8 Å². The Morgan fingerprint density at radius 3 is 2.45 bits per heavy atom. The lowest BCUT2D eigenvalue weighted by molar-refractivity contribution is -0.136. The van der Waals surface area contributed by atoms with Crippen molar-refractivity contribution in [3.8, 4) is 0 Å². The zero-order valence-electron chi connectivity index (χ0n) is 26.4. The molecule has 10 nitrogen and oxygen atoms in total. The molecule has 0 aliphatic carbocycles. The van der Waals surface area contributed by atoms with Crippen LogP contribution in [0.3, 0.4) is 0 Å². The molecule has 44 heavy (non-hydrogen) atoms. The quantitative estimate of drug-likeness (QED) is 0.425. The Kier molecular flexibility index (Phi) is 8.79. The Hall–Kier alpha value is -3.31. The summed E-state index contributed by atoms with van der Waals surface area (Å²) in [6.07, 6.45) is 4.15. The number of fused-ring (bicyclic) bond motifs is 1. The van der Waals surface area contributed by atoms with Gasteiger partial charge in [0.25, 0.3) is 0 Å². The van der Waals surface area contributed by atoms with Crippen LogP contribution in [-0.2, 0) is 9.59 Å². The summed E-state index contributed by atoms with van der Waals surface area (Å²) in [6.45, 7) is 12.4. The highest BCUT2D eigenvalue weighted by Gasteiger charge is 2.44. The average Bonchev–Trinajstić information content (AvgIpc) is 3.51. The number of hydrogen-bond acceptors (Lipinski definition) is 7. The Labute approximate surface area is 263 Å². The Morgan fingerprint density at radius 1 is 1.00 bits per heavy atom. The molecule has 0 saturated carbocycles. The fourth-order valence-corrected chi connectivity index (χ4v) is 8.17. The molecule has 3 aromatic rings. The molecule has 3 fully saturated rings. The van der Waals surface area contributed by atoms with Crippen LogP contribution in [0.4, 0.5) is 5.69 Å². The molecule has 0 spiro atoms. The van der Waals surface area contributed by atoms with Crippen molar-refractivity contribution in [1.82, 2.24) is 29.2 Å². The molecule has 236 valence electrons. The minimum atomic E-state index is -0.409. The van der Waals surface area contributed by atoms with Gasteiger partial charge in [-0.05, 0) is 49.9 Å². The molecular formula is C33H45N7O3S. The van der Waals surface area contributed by atoms with E-state index in [9.17, 15) is 14.4 Å². The number of imidazole rings is 1. The number of likely N-dealkylation sites (tertiary alicyclic amines) is 1. The van der Waals surface area contributed by atoms with Crippen LogP contribution >= 0.6 is 11.8 Å². The summed E-state index contributed by atoms with van der Waals surface area (Å²) in [6, 6.07) is 12.3. The first-order chi connectivity index (χ1) is 21.1. The summed E-state index contributed by atoms with van der Waals surface area (Å²) >= 11 is 1.64. The molecule has 3 saturated heterocycles. The predicted molar refractivity (Wildman–Crippen MR) is 176 cm³/mol. The number of likely N-dealkylation sites (N-methyl/N-ethyl adjacent to an activating group) is 1. The van der Waals surface area contributed by atoms with Crippen LogP contribution in [0, 0.1) is 5.41 Å². The van der Waals surface area contributed by atoms with Gasteiger partial charge in [-0.3, -0.25) is 19.1 Å². The Balaban J connectivity index is 1.16. The SMILES string of the molecule is CN1CCN(c2ccccc2[C@H]2SC(CC(=O)N3CCC(n4c(=O)[nH]c5ncccc54)CC3)C(=O)N2CCC(C)(C)C)CC1. The van der Waals surface area contributed by atoms with E-state index < -0.39 is 5.25 Å². The molecule has 0 radical (unpaired) electrons. The van der Waals surface area contributed by atoms with Gasteiger partial charge in [-0.15, -0.1) is 11.8 Å². The molecule has 1 N–H and O–H groups in total. The van der Waals surface area contributed by atoms with E-state index >= 15 is 0 Å². The van der Waals surface area contributed by atoms with Crippen LogP contribution in [0.15, 0.2) is 47.4 Å². The fourth-order valence-electron chi connectivity index (χ4n) is 6.66. The minimum absolute atomic E-state index is 0.00957. The minimum Gasteiger partial charge on any atom is -0.369 e. The number of carbonyl (C=O) groups excluding carboxylic acids is 2. The third kappa shape index (κ3) is 6.40. The fraction of sp³-hybridized carbons (Fsp3) is 0.576. The lowest BCUT2D eigenvalue weighted by atomic mass is 9.92. The second-order valence-corrected chi connectivity index (χ2v) is 14.9. The van der Waals surface area contributed by atoms with E-state index in [1.54, 1.807) is 22.5 Å². The Morgan fingerprint density at radius 2 is 1.73 bits per heavy atom. The van der Waals surface area contributed by atoms with Crippen molar-refractivity contribution < 1.29 is 9.59 Å². The molecule has 2 atom stereocenters. The number of hydrogen-bond donors (Lipinski definition) is 1. The largest absolute Gasteiger partial charge is 0.369 e.